The van der Waals surface area contributed by atoms with E-state index in [2.05, 4.69) is 32.9 Å². The Balaban J connectivity index is 1.79. The Labute approximate surface area is 108 Å². The molecular weight excluding hydrogens is 319 g/mol. The van der Waals surface area contributed by atoms with Gasteiger partial charge in [0.2, 0.25) is 5.89 Å². The summed E-state index contributed by atoms with van der Waals surface area (Å²) in [6.45, 7) is 3.35. The fourth-order valence-electron chi connectivity index (χ4n) is 1.33. The highest BCUT2D eigenvalue weighted by Crippen LogP contribution is 2.10. The summed E-state index contributed by atoms with van der Waals surface area (Å²) in [4.78, 5) is 4.16. The normalized spacial score (nSPS) is 10.9. The minimum absolute atomic E-state index is 0.622. The van der Waals surface area contributed by atoms with Crippen LogP contribution in [-0.2, 0) is 19.5 Å². The first-order valence-corrected chi connectivity index (χ1v) is 6.24. The molecule has 0 aliphatic heterocycles. The summed E-state index contributed by atoms with van der Waals surface area (Å²) < 4.78 is 11.8. The first-order valence-electron chi connectivity index (χ1n) is 5.16. The number of oxazole rings is 1. The summed E-state index contributed by atoms with van der Waals surface area (Å²) in [5.41, 5.74) is 0. The van der Waals surface area contributed by atoms with Crippen molar-refractivity contribution in [2.45, 2.75) is 26.4 Å². The van der Waals surface area contributed by atoms with Gasteiger partial charge < -0.3 is 14.2 Å². The van der Waals surface area contributed by atoms with Gasteiger partial charge in [0.1, 0.15) is 11.5 Å². The molecule has 1 N–H and O–H groups in total. The molecule has 0 saturated heterocycles. The molecule has 0 saturated carbocycles. The number of rotatable bonds is 5. The molecule has 0 fully saturated rings. The van der Waals surface area contributed by atoms with Crippen molar-refractivity contribution in [3.05, 3.63) is 39.5 Å². The second kappa shape index (κ2) is 5.49. The van der Waals surface area contributed by atoms with Crippen LogP contribution < -0.4 is 5.32 Å². The highest BCUT2D eigenvalue weighted by Gasteiger charge is 2.03. The largest absolute Gasteiger partial charge is 0.454 e. The van der Waals surface area contributed by atoms with Gasteiger partial charge >= 0.3 is 0 Å². The van der Waals surface area contributed by atoms with Crippen LogP contribution in [0.4, 0.5) is 0 Å². The second-order valence-corrected chi connectivity index (χ2v) is 4.45. The maximum Gasteiger partial charge on any atom is 0.208 e. The van der Waals surface area contributed by atoms with Crippen molar-refractivity contribution in [2.75, 3.05) is 0 Å². The van der Waals surface area contributed by atoms with E-state index < -0.39 is 0 Å². The molecule has 0 spiro atoms. The summed E-state index contributed by atoms with van der Waals surface area (Å²) >= 11 is 2.15. The van der Waals surface area contributed by atoms with Crippen molar-refractivity contribution < 1.29 is 8.83 Å². The molecule has 0 bridgehead atoms. The quantitative estimate of drug-likeness (QED) is 0.856. The van der Waals surface area contributed by atoms with Crippen LogP contribution in [0.2, 0.25) is 0 Å². The Kier molecular flexibility index (Phi) is 4.00. The highest BCUT2D eigenvalue weighted by molar-refractivity contribution is 14.1. The summed E-state index contributed by atoms with van der Waals surface area (Å²) in [6.07, 6.45) is 2.65. The number of hydrogen-bond donors (Lipinski definition) is 1. The fourth-order valence-corrected chi connectivity index (χ4v) is 1.80. The van der Waals surface area contributed by atoms with Crippen molar-refractivity contribution in [3.63, 3.8) is 0 Å². The number of hydrogen-bond acceptors (Lipinski definition) is 4. The smallest absolute Gasteiger partial charge is 0.208 e. The van der Waals surface area contributed by atoms with Crippen LogP contribution in [0.1, 0.15) is 24.3 Å². The minimum atomic E-state index is 0.622. The Bertz CT molecular complexity index is 450. The molecule has 0 unspecified atom stereocenters. The van der Waals surface area contributed by atoms with E-state index in [1.54, 1.807) is 6.20 Å². The fraction of sp³-hybridized carbons (Fsp3) is 0.364. The lowest BCUT2D eigenvalue weighted by atomic mass is 10.4. The molecule has 0 amide bonds. The van der Waals surface area contributed by atoms with Crippen LogP contribution in [0.5, 0.6) is 0 Å². The first kappa shape index (κ1) is 11.7. The van der Waals surface area contributed by atoms with Crippen molar-refractivity contribution in [2.24, 2.45) is 0 Å². The van der Waals surface area contributed by atoms with Crippen LogP contribution in [0.25, 0.3) is 0 Å². The number of aromatic nitrogens is 1. The molecule has 0 aliphatic rings. The third-order valence-corrected chi connectivity index (χ3v) is 2.73. The van der Waals surface area contributed by atoms with Crippen LogP contribution in [0, 0.1) is 3.77 Å². The SMILES string of the molecule is CCc1cnc(CNCc2ccc(I)o2)o1. The maximum atomic E-state index is 5.47. The van der Waals surface area contributed by atoms with E-state index in [0.29, 0.717) is 13.1 Å². The number of nitrogens with zero attached hydrogens (tertiary/aromatic N) is 1. The number of nitrogens with one attached hydrogen (secondary N) is 1. The molecular formula is C11H13IN2O2. The van der Waals surface area contributed by atoms with Crippen molar-refractivity contribution in [1.29, 1.82) is 0 Å². The minimum Gasteiger partial charge on any atom is -0.454 e. The molecule has 5 heteroatoms. The summed E-state index contributed by atoms with van der Waals surface area (Å²) in [5, 5.41) is 3.22. The standard InChI is InChI=1S/C11H13IN2O2/c1-2-8-6-14-11(16-8)7-13-5-9-3-4-10(12)15-9/h3-4,6,13H,2,5,7H2,1H3. The zero-order valence-corrected chi connectivity index (χ0v) is 11.2. The predicted octanol–water partition coefficient (Wildman–Crippen LogP) is 2.72. The molecule has 86 valence electrons. The van der Waals surface area contributed by atoms with E-state index >= 15 is 0 Å². The van der Waals surface area contributed by atoms with E-state index in [-0.39, 0.29) is 0 Å². The molecule has 2 aromatic rings. The lowest BCUT2D eigenvalue weighted by Gasteiger charge is -1.98. The first-order chi connectivity index (χ1) is 7.78. The third-order valence-electron chi connectivity index (χ3n) is 2.15. The van der Waals surface area contributed by atoms with Gasteiger partial charge in [0, 0.05) is 6.42 Å². The Morgan fingerprint density at radius 1 is 1.25 bits per heavy atom. The molecule has 2 heterocycles. The zero-order chi connectivity index (χ0) is 11.4. The average molecular weight is 332 g/mol. The maximum absolute atomic E-state index is 5.47. The topological polar surface area (TPSA) is 51.2 Å². The molecule has 0 radical (unpaired) electrons. The van der Waals surface area contributed by atoms with E-state index in [9.17, 15) is 0 Å². The van der Waals surface area contributed by atoms with Gasteiger partial charge in [-0.3, -0.25) is 0 Å². The van der Waals surface area contributed by atoms with E-state index in [1.165, 1.54) is 0 Å². The molecule has 0 aromatic carbocycles. The monoisotopic (exact) mass is 332 g/mol. The van der Waals surface area contributed by atoms with Gasteiger partial charge in [-0.15, -0.1) is 0 Å². The van der Waals surface area contributed by atoms with Gasteiger partial charge in [-0.1, -0.05) is 6.92 Å². The van der Waals surface area contributed by atoms with Crippen molar-refractivity contribution in [3.8, 4) is 0 Å². The lowest BCUT2D eigenvalue weighted by Crippen LogP contribution is -2.12. The molecule has 0 atom stereocenters. The summed E-state index contributed by atoms with van der Waals surface area (Å²) in [7, 11) is 0. The van der Waals surface area contributed by atoms with Gasteiger partial charge in [0.25, 0.3) is 0 Å². The molecule has 16 heavy (non-hydrogen) atoms. The summed E-state index contributed by atoms with van der Waals surface area (Å²) in [6, 6.07) is 3.90. The Hall–Kier alpha value is -0.820. The highest BCUT2D eigenvalue weighted by atomic mass is 127. The average Bonchev–Trinajstić information content (AvgIpc) is 2.88. The van der Waals surface area contributed by atoms with Gasteiger partial charge in [0.05, 0.1) is 19.3 Å². The third kappa shape index (κ3) is 3.08. The zero-order valence-electron chi connectivity index (χ0n) is 9.00. The van der Waals surface area contributed by atoms with E-state index in [4.69, 9.17) is 8.83 Å². The molecule has 0 aliphatic carbocycles. The van der Waals surface area contributed by atoms with Gasteiger partial charge in [-0.25, -0.2) is 4.98 Å². The van der Waals surface area contributed by atoms with Crippen LogP contribution in [0.15, 0.2) is 27.2 Å². The predicted molar refractivity (Wildman–Crippen MR) is 67.8 cm³/mol. The lowest BCUT2D eigenvalue weighted by molar-refractivity contribution is 0.419. The molecule has 4 nitrogen and oxygen atoms in total. The van der Waals surface area contributed by atoms with Crippen molar-refractivity contribution >= 4 is 22.6 Å². The van der Waals surface area contributed by atoms with E-state index in [1.807, 2.05) is 19.1 Å². The number of furan rings is 1. The van der Waals surface area contributed by atoms with Crippen LogP contribution in [-0.4, -0.2) is 4.98 Å². The Morgan fingerprint density at radius 2 is 2.12 bits per heavy atom. The van der Waals surface area contributed by atoms with Crippen LogP contribution >= 0.6 is 22.6 Å². The summed E-state index contributed by atoms with van der Waals surface area (Å²) in [5.74, 6) is 2.56. The van der Waals surface area contributed by atoms with Gasteiger partial charge in [-0.2, -0.15) is 0 Å². The van der Waals surface area contributed by atoms with E-state index in [0.717, 1.165) is 27.6 Å². The molecule has 2 rings (SSSR count). The number of halogens is 1. The molecule has 2 aromatic heterocycles. The number of aryl methyl sites for hydroxylation is 1. The van der Waals surface area contributed by atoms with Gasteiger partial charge in [0.15, 0.2) is 3.77 Å². The second-order valence-electron chi connectivity index (χ2n) is 3.38. The Morgan fingerprint density at radius 3 is 2.75 bits per heavy atom. The van der Waals surface area contributed by atoms with Crippen LogP contribution in [0.3, 0.4) is 0 Å². The van der Waals surface area contributed by atoms with Gasteiger partial charge in [-0.05, 0) is 34.7 Å². The van der Waals surface area contributed by atoms with Crippen molar-refractivity contribution in [1.82, 2.24) is 10.3 Å².